The largest absolute Gasteiger partial charge is 0.394 e. The highest BCUT2D eigenvalue weighted by Crippen LogP contribution is 2.27. The first kappa shape index (κ1) is 12.8. The summed E-state index contributed by atoms with van der Waals surface area (Å²) in [7, 11) is 1.90. The number of nitrogens with two attached hydrogens (primary N) is 1. The summed E-state index contributed by atoms with van der Waals surface area (Å²) in [5, 5.41) is 7.72. The van der Waals surface area contributed by atoms with Gasteiger partial charge in [-0.3, -0.25) is 4.68 Å². The molecule has 0 aliphatic rings. The molecule has 0 saturated heterocycles. The SMILES string of the molecule is CCc1nn(C)c(Nc2cccc(SC)c2)c1N. The summed E-state index contributed by atoms with van der Waals surface area (Å²) in [6.07, 6.45) is 2.90. The van der Waals surface area contributed by atoms with Crippen LogP contribution in [0.2, 0.25) is 0 Å². The fourth-order valence-electron chi connectivity index (χ4n) is 1.84. The van der Waals surface area contributed by atoms with E-state index in [4.69, 9.17) is 5.73 Å². The average Bonchev–Trinajstić information content (AvgIpc) is 2.66. The summed E-state index contributed by atoms with van der Waals surface area (Å²) < 4.78 is 1.79. The number of hydrogen-bond donors (Lipinski definition) is 2. The third-order valence-corrected chi connectivity index (χ3v) is 3.55. The van der Waals surface area contributed by atoms with E-state index in [1.807, 2.05) is 19.2 Å². The van der Waals surface area contributed by atoms with Crippen molar-refractivity contribution in [3.63, 3.8) is 0 Å². The topological polar surface area (TPSA) is 55.9 Å². The number of nitrogens with zero attached hydrogens (tertiary/aromatic N) is 2. The first-order chi connectivity index (χ1) is 8.65. The Balaban J connectivity index is 2.30. The summed E-state index contributed by atoms with van der Waals surface area (Å²) in [5.74, 6) is 0.852. The molecule has 18 heavy (non-hydrogen) atoms. The Morgan fingerprint density at radius 1 is 1.44 bits per heavy atom. The van der Waals surface area contributed by atoms with Gasteiger partial charge in [-0.1, -0.05) is 13.0 Å². The van der Waals surface area contributed by atoms with Crippen LogP contribution in [-0.4, -0.2) is 16.0 Å². The summed E-state index contributed by atoms with van der Waals surface area (Å²) in [6.45, 7) is 2.05. The van der Waals surface area contributed by atoms with Gasteiger partial charge in [-0.15, -0.1) is 11.8 Å². The number of anilines is 3. The molecule has 0 aliphatic heterocycles. The Morgan fingerprint density at radius 3 is 2.83 bits per heavy atom. The van der Waals surface area contributed by atoms with Crippen molar-refractivity contribution in [1.29, 1.82) is 0 Å². The van der Waals surface area contributed by atoms with Gasteiger partial charge in [0.1, 0.15) is 0 Å². The van der Waals surface area contributed by atoms with Gasteiger partial charge in [0.05, 0.1) is 11.4 Å². The normalized spacial score (nSPS) is 10.6. The van der Waals surface area contributed by atoms with Crippen molar-refractivity contribution < 1.29 is 0 Å². The number of rotatable bonds is 4. The van der Waals surface area contributed by atoms with Crippen molar-refractivity contribution in [1.82, 2.24) is 9.78 Å². The smallest absolute Gasteiger partial charge is 0.152 e. The van der Waals surface area contributed by atoms with Crippen molar-refractivity contribution in [2.45, 2.75) is 18.2 Å². The van der Waals surface area contributed by atoms with Gasteiger partial charge in [0.2, 0.25) is 0 Å². The molecule has 0 atom stereocenters. The predicted molar refractivity (Wildman–Crippen MR) is 78.5 cm³/mol. The molecule has 2 aromatic rings. The van der Waals surface area contributed by atoms with Crippen LogP contribution >= 0.6 is 11.8 Å². The Hall–Kier alpha value is -1.62. The zero-order chi connectivity index (χ0) is 13.1. The fourth-order valence-corrected chi connectivity index (χ4v) is 2.30. The molecule has 0 bridgehead atoms. The van der Waals surface area contributed by atoms with Crippen molar-refractivity contribution >= 4 is 29.0 Å². The summed E-state index contributed by atoms with van der Waals surface area (Å²) >= 11 is 1.72. The molecule has 0 fully saturated rings. The Bertz CT molecular complexity index is 548. The number of nitrogen functional groups attached to an aromatic ring is 1. The number of nitrogens with one attached hydrogen (secondary N) is 1. The zero-order valence-electron chi connectivity index (χ0n) is 10.9. The van der Waals surface area contributed by atoms with Crippen LogP contribution < -0.4 is 11.1 Å². The molecule has 5 heteroatoms. The van der Waals surface area contributed by atoms with Crippen LogP contribution in [0.25, 0.3) is 0 Å². The Kier molecular flexibility index (Phi) is 3.81. The third-order valence-electron chi connectivity index (χ3n) is 2.83. The van der Waals surface area contributed by atoms with Crippen molar-refractivity contribution in [2.24, 2.45) is 7.05 Å². The van der Waals surface area contributed by atoms with Gasteiger partial charge in [0.15, 0.2) is 5.82 Å². The molecular formula is C13H18N4S. The first-order valence-electron chi connectivity index (χ1n) is 5.88. The lowest BCUT2D eigenvalue weighted by Gasteiger charge is -2.08. The van der Waals surface area contributed by atoms with Gasteiger partial charge in [0, 0.05) is 17.6 Å². The molecule has 1 aromatic heterocycles. The second kappa shape index (κ2) is 5.35. The van der Waals surface area contributed by atoms with E-state index in [0.29, 0.717) is 0 Å². The molecule has 0 radical (unpaired) electrons. The minimum atomic E-state index is 0.731. The van der Waals surface area contributed by atoms with E-state index in [1.165, 1.54) is 4.90 Å². The third kappa shape index (κ3) is 2.46. The van der Waals surface area contributed by atoms with Gasteiger partial charge in [0.25, 0.3) is 0 Å². The molecule has 0 spiro atoms. The monoisotopic (exact) mass is 262 g/mol. The van der Waals surface area contributed by atoms with E-state index in [9.17, 15) is 0 Å². The Labute approximate surface area is 112 Å². The molecule has 0 unspecified atom stereocenters. The highest BCUT2D eigenvalue weighted by atomic mass is 32.2. The number of benzene rings is 1. The molecule has 0 amide bonds. The molecular weight excluding hydrogens is 244 g/mol. The molecule has 1 heterocycles. The van der Waals surface area contributed by atoms with E-state index >= 15 is 0 Å². The number of hydrogen-bond acceptors (Lipinski definition) is 4. The van der Waals surface area contributed by atoms with Gasteiger partial charge in [-0.05, 0) is 30.9 Å². The van der Waals surface area contributed by atoms with Gasteiger partial charge < -0.3 is 11.1 Å². The van der Waals surface area contributed by atoms with E-state index in [-0.39, 0.29) is 0 Å². The van der Waals surface area contributed by atoms with Crippen molar-refractivity contribution in [3.05, 3.63) is 30.0 Å². The molecule has 1 aromatic carbocycles. The van der Waals surface area contributed by atoms with E-state index in [0.717, 1.165) is 29.3 Å². The standard InChI is InChI=1S/C13H18N4S/c1-4-11-12(14)13(17(2)16-11)15-9-6-5-7-10(8-9)18-3/h5-8,15H,4,14H2,1-3H3. The number of thioether (sulfide) groups is 1. The lowest BCUT2D eigenvalue weighted by molar-refractivity contribution is 0.753. The zero-order valence-corrected chi connectivity index (χ0v) is 11.7. The summed E-state index contributed by atoms with van der Waals surface area (Å²) in [4.78, 5) is 1.22. The summed E-state index contributed by atoms with van der Waals surface area (Å²) in [6, 6.07) is 8.24. The average molecular weight is 262 g/mol. The molecule has 0 aliphatic carbocycles. The predicted octanol–water partition coefficient (Wildman–Crippen LogP) is 3.03. The van der Waals surface area contributed by atoms with Crippen molar-refractivity contribution in [3.8, 4) is 0 Å². The van der Waals surface area contributed by atoms with Crippen LogP contribution in [0, 0.1) is 0 Å². The molecule has 3 N–H and O–H groups in total. The van der Waals surface area contributed by atoms with Gasteiger partial charge in [-0.25, -0.2) is 0 Å². The van der Waals surface area contributed by atoms with E-state index < -0.39 is 0 Å². The van der Waals surface area contributed by atoms with Gasteiger partial charge in [-0.2, -0.15) is 5.10 Å². The lowest BCUT2D eigenvalue weighted by atomic mass is 10.3. The number of aryl methyl sites for hydroxylation is 2. The second-order valence-corrected chi connectivity index (χ2v) is 4.92. The van der Waals surface area contributed by atoms with Gasteiger partial charge >= 0.3 is 0 Å². The molecule has 4 nitrogen and oxygen atoms in total. The maximum Gasteiger partial charge on any atom is 0.152 e. The minimum absolute atomic E-state index is 0.731. The highest BCUT2D eigenvalue weighted by molar-refractivity contribution is 7.98. The Morgan fingerprint density at radius 2 is 2.22 bits per heavy atom. The first-order valence-corrected chi connectivity index (χ1v) is 7.10. The van der Waals surface area contributed by atoms with Crippen LogP contribution in [0.3, 0.4) is 0 Å². The second-order valence-electron chi connectivity index (χ2n) is 4.04. The van der Waals surface area contributed by atoms with Crippen LogP contribution in [0.4, 0.5) is 17.2 Å². The van der Waals surface area contributed by atoms with Crippen molar-refractivity contribution in [2.75, 3.05) is 17.3 Å². The van der Waals surface area contributed by atoms with Crippen LogP contribution in [-0.2, 0) is 13.5 Å². The molecule has 2 rings (SSSR count). The number of aromatic nitrogens is 2. The minimum Gasteiger partial charge on any atom is -0.394 e. The van der Waals surface area contributed by atoms with Crippen LogP contribution in [0.1, 0.15) is 12.6 Å². The fraction of sp³-hybridized carbons (Fsp3) is 0.308. The van der Waals surface area contributed by atoms with E-state index in [2.05, 4.69) is 35.7 Å². The summed E-state index contributed by atoms with van der Waals surface area (Å²) in [5.41, 5.74) is 8.77. The van der Waals surface area contributed by atoms with E-state index in [1.54, 1.807) is 16.4 Å². The highest BCUT2D eigenvalue weighted by Gasteiger charge is 2.11. The lowest BCUT2D eigenvalue weighted by Crippen LogP contribution is -2.01. The van der Waals surface area contributed by atoms with Crippen LogP contribution in [0.15, 0.2) is 29.2 Å². The maximum absolute atomic E-state index is 6.08. The van der Waals surface area contributed by atoms with Crippen LogP contribution in [0.5, 0.6) is 0 Å². The molecule has 0 saturated carbocycles. The maximum atomic E-state index is 6.08. The quantitative estimate of drug-likeness (QED) is 0.832. The molecule has 96 valence electrons.